The summed E-state index contributed by atoms with van der Waals surface area (Å²) in [6.07, 6.45) is 6.97. The molecule has 1 N–H and O–H groups in total. The number of aromatic nitrogens is 1. The first-order valence-electron chi connectivity index (χ1n) is 5.61. The summed E-state index contributed by atoms with van der Waals surface area (Å²) in [5, 5.41) is 4.29. The zero-order valence-electron chi connectivity index (χ0n) is 9.98. The molecule has 0 saturated carbocycles. The van der Waals surface area contributed by atoms with E-state index in [1.165, 1.54) is 0 Å². The minimum Gasteiger partial charge on any atom is -0.343 e. The smallest absolute Gasteiger partial charge is 0.243 e. The third kappa shape index (κ3) is 2.20. The van der Waals surface area contributed by atoms with Gasteiger partial charge in [0.05, 0.1) is 12.1 Å². The van der Waals surface area contributed by atoms with Crippen LogP contribution >= 0.6 is 11.6 Å². The highest BCUT2D eigenvalue weighted by Gasteiger charge is 2.16. The Labute approximate surface area is 111 Å². The van der Waals surface area contributed by atoms with Crippen LogP contribution in [0.4, 0.5) is 0 Å². The van der Waals surface area contributed by atoms with Crippen LogP contribution in [0.15, 0.2) is 30.5 Å². The number of rotatable bonds is 3. The summed E-state index contributed by atoms with van der Waals surface area (Å²) in [5.41, 5.74) is 0.936. The molecule has 4 heteroatoms. The molecule has 0 radical (unpaired) electrons. The number of terminal acetylenes is 1. The Hall–Kier alpha value is -1.92. The minimum atomic E-state index is -0.325. The lowest BCUT2D eigenvalue weighted by Crippen LogP contribution is -2.30. The Kier molecular flexibility index (Phi) is 3.59. The summed E-state index contributed by atoms with van der Waals surface area (Å²) in [6, 6.07) is 7.22. The highest BCUT2D eigenvalue weighted by Crippen LogP contribution is 2.26. The Morgan fingerprint density at radius 1 is 1.56 bits per heavy atom. The molecule has 0 bridgehead atoms. The van der Waals surface area contributed by atoms with Gasteiger partial charge in [0.15, 0.2) is 0 Å². The Bertz CT molecular complexity index is 624. The maximum absolute atomic E-state index is 11.9. The van der Waals surface area contributed by atoms with Crippen LogP contribution in [0.5, 0.6) is 0 Å². The molecule has 0 aliphatic carbocycles. The van der Waals surface area contributed by atoms with Gasteiger partial charge in [-0.2, -0.15) is 0 Å². The molecule has 0 aliphatic rings. The fourth-order valence-corrected chi connectivity index (χ4v) is 2.13. The molecule has 18 heavy (non-hydrogen) atoms. The van der Waals surface area contributed by atoms with Crippen molar-refractivity contribution in [3.8, 4) is 12.3 Å². The van der Waals surface area contributed by atoms with Crippen LogP contribution in [0.25, 0.3) is 10.9 Å². The van der Waals surface area contributed by atoms with Gasteiger partial charge in [0, 0.05) is 16.6 Å². The van der Waals surface area contributed by atoms with Gasteiger partial charge < -0.3 is 9.88 Å². The number of hydrogen-bond acceptors (Lipinski definition) is 1. The van der Waals surface area contributed by atoms with Crippen molar-refractivity contribution < 1.29 is 4.79 Å². The zero-order valence-corrected chi connectivity index (χ0v) is 10.7. The molecule has 3 nitrogen and oxygen atoms in total. The van der Waals surface area contributed by atoms with E-state index in [4.69, 9.17) is 18.0 Å². The summed E-state index contributed by atoms with van der Waals surface area (Å²) < 4.78 is 1.88. The van der Waals surface area contributed by atoms with Crippen molar-refractivity contribution in [2.75, 3.05) is 6.54 Å². The number of amides is 1. The number of hydrogen-bond donors (Lipinski definition) is 1. The maximum atomic E-state index is 11.9. The minimum absolute atomic E-state index is 0.106. The van der Waals surface area contributed by atoms with Crippen molar-refractivity contribution in [3.63, 3.8) is 0 Å². The highest BCUT2D eigenvalue weighted by molar-refractivity contribution is 6.35. The number of halogens is 1. The molecule has 0 fully saturated rings. The lowest BCUT2D eigenvalue weighted by Gasteiger charge is -2.14. The van der Waals surface area contributed by atoms with E-state index in [-0.39, 0.29) is 18.5 Å². The third-order valence-corrected chi connectivity index (χ3v) is 3.20. The Morgan fingerprint density at radius 3 is 3.06 bits per heavy atom. The van der Waals surface area contributed by atoms with Gasteiger partial charge in [-0.15, -0.1) is 6.42 Å². The van der Waals surface area contributed by atoms with E-state index in [2.05, 4.69) is 11.2 Å². The summed E-state index contributed by atoms with van der Waals surface area (Å²) >= 11 is 6.10. The van der Waals surface area contributed by atoms with Gasteiger partial charge in [0.25, 0.3) is 0 Å². The standard InChI is InChI=1S/C14H13ClN2O/c1-3-8-16-14(18)10(2)17-9-7-11-12(15)5-4-6-13(11)17/h1,4-7,9-10H,8H2,2H3,(H,16,18). The summed E-state index contributed by atoms with van der Waals surface area (Å²) in [4.78, 5) is 11.9. The molecule has 0 aliphatic heterocycles. The van der Waals surface area contributed by atoms with Crippen molar-refractivity contribution >= 4 is 28.4 Å². The molecule has 2 aromatic rings. The van der Waals surface area contributed by atoms with Gasteiger partial charge in [-0.25, -0.2) is 0 Å². The molecular weight excluding hydrogens is 248 g/mol. The number of fused-ring (bicyclic) bond motifs is 1. The monoisotopic (exact) mass is 260 g/mol. The van der Waals surface area contributed by atoms with Gasteiger partial charge >= 0.3 is 0 Å². The first kappa shape index (κ1) is 12.5. The van der Waals surface area contributed by atoms with E-state index >= 15 is 0 Å². The van der Waals surface area contributed by atoms with Crippen LogP contribution in [0.2, 0.25) is 5.02 Å². The number of carbonyl (C=O) groups is 1. The summed E-state index contributed by atoms with van der Waals surface area (Å²) in [6.45, 7) is 2.06. The molecule has 92 valence electrons. The molecule has 1 aromatic heterocycles. The third-order valence-electron chi connectivity index (χ3n) is 2.87. The fourth-order valence-electron chi connectivity index (χ4n) is 1.90. The number of nitrogens with one attached hydrogen (secondary N) is 1. The quantitative estimate of drug-likeness (QED) is 0.846. The number of carbonyl (C=O) groups excluding carboxylic acids is 1. The second-order valence-electron chi connectivity index (χ2n) is 3.99. The average molecular weight is 261 g/mol. The van der Waals surface area contributed by atoms with Crippen molar-refractivity contribution in [1.82, 2.24) is 9.88 Å². The second kappa shape index (κ2) is 5.16. The molecule has 0 spiro atoms. The first-order valence-corrected chi connectivity index (χ1v) is 5.99. The van der Waals surface area contributed by atoms with E-state index in [0.29, 0.717) is 5.02 Å². The Balaban J connectivity index is 2.34. The maximum Gasteiger partial charge on any atom is 0.243 e. The number of benzene rings is 1. The van der Waals surface area contributed by atoms with E-state index in [1.54, 1.807) is 0 Å². The molecule has 1 aromatic carbocycles. The second-order valence-corrected chi connectivity index (χ2v) is 4.40. The van der Waals surface area contributed by atoms with Gasteiger partial charge in [-0.1, -0.05) is 23.6 Å². The van der Waals surface area contributed by atoms with Crippen LogP contribution in [0.1, 0.15) is 13.0 Å². The topological polar surface area (TPSA) is 34.0 Å². The van der Waals surface area contributed by atoms with Gasteiger partial charge in [-0.3, -0.25) is 4.79 Å². The van der Waals surface area contributed by atoms with E-state index in [0.717, 1.165) is 10.9 Å². The predicted molar refractivity (Wildman–Crippen MR) is 73.5 cm³/mol. The zero-order chi connectivity index (χ0) is 13.1. The van der Waals surface area contributed by atoms with Gasteiger partial charge in [0.2, 0.25) is 5.91 Å². The first-order chi connectivity index (χ1) is 8.65. The number of nitrogens with zero attached hydrogens (tertiary/aromatic N) is 1. The van der Waals surface area contributed by atoms with Crippen LogP contribution in [0, 0.1) is 12.3 Å². The highest BCUT2D eigenvalue weighted by atomic mass is 35.5. The largest absolute Gasteiger partial charge is 0.343 e. The molecular formula is C14H13ClN2O. The lowest BCUT2D eigenvalue weighted by molar-refractivity contribution is -0.123. The van der Waals surface area contributed by atoms with E-state index in [1.807, 2.05) is 42.0 Å². The van der Waals surface area contributed by atoms with Crippen LogP contribution in [-0.2, 0) is 4.79 Å². The van der Waals surface area contributed by atoms with Crippen LogP contribution < -0.4 is 5.32 Å². The Morgan fingerprint density at radius 2 is 2.33 bits per heavy atom. The molecule has 1 amide bonds. The van der Waals surface area contributed by atoms with Gasteiger partial charge in [-0.05, 0) is 25.1 Å². The van der Waals surface area contributed by atoms with Crippen LogP contribution in [0.3, 0.4) is 0 Å². The predicted octanol–water partition coefficient (Wildman–Crippen LogP) is 2.61. The van der Waals surface area contributed by atoms with E-state index in [9.17, 15) is 4.79 Å². The normalized spacial score (nSPS) is 12.1. The van der Waals surface area contributed by atoms with E-state index < -0.39 is 0 Å². The molecule has 2 rings (SSSR count). The van der Waals surface area contributed by atoms with Crippen molar-refractivity contribution in [2.45, 2.75) is 13.0 Å². The SMILES string of the molecule is C#CCNC(=O)C(C)n1ccc2c(Cl)cccc21. The molecule has 0 saturated heterocycles. The van der Waals surface area contributed by atoms with Crippen molar-refractivity contribution in [1.29, 1.82) is 0 Å². The van der Waals surface area contributed by atoms with Crippen LogP contribution in [-0.4, -0.2) is 17.0 Å². The lowest BCUT2D eigenvalue weighted by atomic mass is 10.2. The summed E-state index contributed by atoms with van der Waals surface area (Å²) in [7, 11) is 0. The summed E-state index contributed by atoms with van der Waals surface area (Å²) in [5.74, 6) is 2.28. The van der Waals surface area contributed by atoms with Crippen molar-refractivity contribution in [2.24, 2.45) is 0 Å². The average Bonchev–Trinajstić information content (AvgIpc) is 2.80. The molecule has 1 atom stereocenters. The fraction of sp³-hybridized carbons (Fsp3) is 0.214. The van der Waals surface area contributed by atoms with Gasteiger partial charge in [0.1, 0.15) is 6.04 Å². The van der Waals surface area contributed by atoms with Crippen molar-refractivity contribution in [3.05, 3.63) is 35.5 Å². The molecule has 1 heterocycles. The molecule has 1 unspecified atom stereocenters.